The van der Waals surface area contributed by atoms with Gasteiger partial charge in [0.2, 0.25) is 5.91 Å². The van der Waals surface area contributed by atoms with Gasteiger partial charge < -0.3 is 15.0 Å². The van der Waals surface area contributed by atoms with E-state index in [4.69, 9.17) is 4.74 Å². The number of piperidine rings is 1. The summed E-state index contributed by atoms with van der Waals surface area (Å²) in [6.45, 7) is 0.469. The summed E-state index contributed by atoms with van der Waals surface area (Å²) in [4.78, 5) is 47.0. The molecule has 2 saturated heterocycles. The molecule has 0 aliphatic carbocycles. The molecule has 3 heterocycles. The Bertz CT molecular complexity index is 1350. The number of hydrogen-bond acceptors (Lipinski definition) is 5. The minimum Gasteiger partial charge on any atom is -0.353 e. The number of carbonyl (C=O) groups is 3. The van der Waals surface area contributed by atoms with E-state index in [2.05, 4.69) is 10.3 Å². The van der Waals surface area contributed by atoms with Crippen molar-refractivity contribution in [2.24, 2.45) is 0 Å². The summed E-state index contributed by atoms with van der Waals surface area (Å²) >= 11 is 0. The summed E-state index contributed by atoms with van der Waals surface area (Å²) in [5.41, 5.74) is -0.474. The van der Waals surface area contributed by atoms with Gasteiger partial charge in [-0.05, 0) is 42.5 Å². The lowest BCUT2D eigenvalue weighted by Crippen LogP contribution is -2.59. The lowest BCUT2D eigenvalue weighted by molar-refractivity contribution is -0.128. The topological polar surface area (TPSA) is 91.8 Å². The lowest BCUT2D eigenvalue weighted by atomic mass is 9.96. The van der Waals surface area contributed by atoms with Gasteiger partial charge in [-0.1, -0.05) is 24.3 Å². The van der Waals surface area contributed by atoms with Crippen molar-refractivity contribution in [3.63, 3.8) is 0 Å². The number of benzene rings is 2. The van der Waals surface area contributed by atoms with Gasteiger partial charge in [0.1, 0.15) is 23.4 Å². The quantitative estimate of drug-likeness (QED) is 0.558. The standard InChI is InChI=1S/C28H26F2N4O4/c29-20-7-5-6-19(16-20)26(36)34-24(25(35)32-17-21-8-3-4-13-31-21)18-38-28(34)11-14-33(15-12-28)27(37)22-9-1-2-10-23(22)30/h1-10,13,16,24H,11-12,14-15,17-18H2,(H,32,35)/t24-/m0/s1. The van der Waals surface area contributed by atoms with Crippen LogP contribution in [-0.4, -0.2) is 64.0 Å². The number of rotatable bonds is 5. The molecule has 38 heavy (non-hydrogen) atoms. The van der Waals surface area contributed by atoms with Gasteiger partial charge in [-0.2, -0.15) is 0 Å². The van der Waals surface area contributed by atoms with E-state index in [0.717, 1.165) is 6.07 Å². The first-order chi connectivity index (χ1) is 18.4. The summed E-state index contributed by atoms with van der Waals surface area (Å²) < 4.78 is 34.3. The molecular formula is C28H26F2N4O4. The Labute approximate surface area is 218 Å². The molecule has 2 aliphatic heterocycles. The molecule has 8 nitrogen and oxygen atoms in total. The molecule has 5 rings (SSSR count). The van der Waals surface area contributed by atoms with E-state index in [9.17, 15) is 23.2 Å². The number of aromatic nitrogens is 1. The van der Waals surface area contributed by atoms with Gasteiger partial charge in [-0.3, -0.25) is 24.3 Å². The Morgan fingerprint density at radius 2 is 1.74 bits per heavy atom. The van der Waals surface area contributed by atoms with Crippen molar-refractivity contribution >= 4 is 17.7 Å². The first kappa shape index (κ1) is 25.5. The van der Waals surface area contributed by atoms with Gasteiger partial charge in [0.05, 0.1) is 24.4 Å². The average Bonchev–Trinajstić information content (AvgIpc) is 3.30. The van der Waals surface area contributed by atoms with Gasteiger partial charge in [-0.15, -0.1) is 0 Å². The maximum atomic E-state index is 14.2. The fraction of sp³-hybridized carbons (Fsp3) is 0.286. The zero-order chi connectivity index (χ0) is 26.7. The van der Waals surface area contributed by atoms with E-state index in [1.54, 1.807) is 30.5 Å². The highest BCUT2D eigenvalue weighted by Crippen LogP contribution is 2.39. The highest BCUT2D eigenvalue weighted by atomic mass is 19.1. The smallest absolute Gasteiger partial charge is 0.256 e. The van der Waals surface area contributed by atoms with Crippen LogP contribution in [0, 0.1) is 11.6 Å². The molecule has 10 heteroatoms. The highest BCUT2D eigenvalue weighted by molar-refractivity contribution is 5.98. The maximum Gasteiger partial charge on any atom is 0.256 e. The number of likely N-dealkylation sites (tertiary alicyclic amines) is 1. The van der Waals surface area contributed by atoms with Crippen molar-refractivity contribution in [2.75, 3.05) is 19.7 Å². The van der Waals surface area contributed by atoms with Crippen LogP contribution in [-0.2, 0) is 16.1 Å². The van der Waals surface area contributed by atoms with Crippen LogP contribution in [0.5, 0.6) is 0 Å². The summed E-state index contributed by atoms with van der Waals surface area (Å²) in [6.07, 6.45) is 2.03. The minimum atomic E-state index is -1.18. The van der Waals surface area contributed by atoms with Crippen molar-refractivity contribution < 1.29 is 27.9 Å². The molecule has 1 atom stereocenters. The second kappa shape index (κ2) is 10.7. The van der Waals surface area contributed by atoms with E-state index in [1.165, 1.54) is 46.2 Å². The number of nitrogens with zero attached hydrogens (tertiary/aromatic N) is 3. The van der Waals surface area contributed by atoms with E-state index in [-0.39, 0.29) is 50.2 Å². The Hall–Kier alpha value is -4.18. The van der Waals surface area contributed by atoms with Gasteiger partial charge in [0.25, 0.3) is 11.8 Å². The third kappa shape index (κ3) is 4.99. The predicted octanol–water partition coefficient (Wildman–Crippen LogP) is 3.15. The third-order valence-electron chi connectivity index (χ3n) is 6.96. The number of hydrogen-bond donors (Lipinski definition) is 1. The number of nitrogens with one attached hydrogen (secondary N) is 1. The van der Waals surface area contributed by atoms with Gasteiger partial charge >= 0.3 is 0 Å². The van der Waals surface area contributed by atoms with E-state index in [0.29, 0.717) is 5.69 Å². The van der Waals surface area contributed by atoms with E-state index >= 15 is 0 Å². The molecule has 0 bridgehead atoms. The van der Waals surface area contributed by atoms with Crippen LogP contribution in [0.4, 0.5) is 8.78 Å². The zero-order valence-electron chi connectivity index (χ0n) is 20.5. The number of pyridine rings is 1. The second-order valence-corrected chi connectivity index (χ2v) is 9.27. The zero-order valence-corrected chi connectivity index (χ0v) is 20.5. The van der Waals surface area contributed by atoms with Crippen molar-refractivity contribution in [2.45, 2.75) is 31.2 Å². The van der Waals surface area contributed by atoms with Crippen molar-refractivity contribution in [1.82, 2.24) is 20.1 Å². The minimum absolute atomic E-state index is 0.0322. The van der Waals surface area contributed by atoms with Crippen LogP contribution < -0.4 is 5.32 Å². The fourth-order valence-electron chi connectivity index (χ4n) is 4.99. The molecule has 2 fully saturated rings. The summed E-state index contributed by atoms with van der Waals surface area (Å²) in [7, 11) is 0. The summed E-state index contributed by atoms with van der Waals surface area (Å²) in [5, 5.41) is 2.81. The fourth-order valence-corrected chi connectivity index (χ4v) is 4.99. The Morgan fingerprint density at radius 1 is 0.974 bits per heavy atom. The van der Waals surface area contributed by atoms with Crippen molar-refractivity contribution in [3.8, 4) is 0 Å². The Kier molecular flexibility index (Phi) is 7.15. The normalized spacial score (nSPS) is 18.4. The largest absolute Gasteiger partial charge is 0.353 e. The van der Waals surface area contributed by atoms with Gasteiger partial charge in [0.15, 0.2) is 0 Å². The maximum absolute atomic E-state index is 14.2. The van der Waals surface area contributed by atoms with Crippen LogP contribution in [0.25, 0.3) is 0 Å². The van der Waals surface area contributed by atoms with Crippen LogP contribution in [0.3, 0.4) is 0 Å². The average molecular weight is 521 g/mol. The number of amides is 3. The molecule has 1 aromatic heterocycles. The van der Waals surface area contributed by atoms with Crippen LogP contribution >= 0.6 is 0 Å². The molecule has 2 aromatic carbocycles. The van der Waals surface area contributed by atoms with Crippen LogP contribution in [0.15, 0.2) is 72.9 Å². The molecule has 2 aliphatic rings. The molecule has 3 amide bonds. The second-order valence-electron chi connectivity index (χ2n) is 9.27. The predicted molar refractivity (Wildman–Crippen MR) is 133 cm³/mol. The third-order valence-corrected chi connectivity index (χ3v) is 6.96. The van der Waals surface area contributed by atoms with Crippen molar-refractivity contribution in [1.29, 1.82) is 0 Å². The van der Waals surface area contributed by atoms with E-state index in [1.807, 2.05) is 0 Å². The first-order valence-corrected chi connectivity index (χ1v) is 12.3. The highest BCUT2D eigenvalue weighted by Gasteiger charge is 2.54. The Balaban J connectivity index is 1.37. The van der Waals surface area contributed by atoms with Crippen LogP contribution in [0.2, 0.25) is 0 Å². The summed E-state index contributed by atoms with van der Waals surface area (Å²) in [5.74, 6) is -2.62. The van der Waals surface area contributed by atoms with Gasteiger partial charge in [0, 0.05) is 37.7 Å². The monoisotopic (exact) mass is 520 g/mol. The molecule has 1 N–H and O–H groups in total. The van der Waals surface area contributed by atoms with Crippen LogP contribution in [0.1, 0.15) is 39.3 Å². The number of halogens is 2. The SMILES string of the molecule is O=C(NCc1ccccn1)[C@@H]1COC2(CCN(C(=O)c3ccccc3F)CC2)N1C(=O)c1cccc(F)c1. The number of carbonyl (C=O) groups excluding carboxylic acids is 3. The van der Waals surface area contributed by atoms with Crippen molar-refractivity contribution in [3.05, 3.63) is 101 Å². The lowest BCUT2D eigenvalue weighted by Gasteiger charge is -2.44. The Morgan fingerprint density at radius 3 is 2.45 bits per heavy atom. The van der Waals surface area contributed by atoms with Gasteiger partial charge in [-0.25, -0.2) is 8.78 Å². The van der Waals surface area contributed by atoms with E-state index < -0.39 is 41.1 Å². The molecule has 0 saturated carbocycles. The first-order valence-electron chi connectivity index (χ1n) is 12.3. The molecule has 196 valence electrons. The molecular weight excluding hydrogens is 494 g/mol. The molecule has 3 aromatic rings. The molecule has 1 spiro atoms. The molecule has 0 radical (unpaired) electrons. The number of ether oxygens (including phenoxy) is 1. The molecule has 0 unspecified atom stereocenters. The summed E-state index contributed by atoms with van der Waals surface area (Å²) in [6, 6.07) is 15.4.